The van der Waals surface area contributed by atoms with E-state index in [0.717, 1.165) is 55.4 Å². The van der Waals surface area contributed by atoms with E-state index in [9.17, 15) is 27.6 Å². The van der Waals surface area contributed by atoms with Gasteiger partial charge in [0.05, 0.1) is 22.9 Å². The Labute approximate surface area is 237 Å². The first kappa shape index (κ1) is 30.0. The molecule has 2 aromatic rings. The Morgan fingerprint density at radius 1 is 0.927 bits per heavy atom. The molecule has 7 nitrogen and oxygen atoms in total. The zero-order chi connectivity index (χ0) is 29.6. The maximum atomic E-state index is 13.4. The van der Waals surface area contributed by atoms with Gasteiger partial charge in [-0.15, -0.1) is 0 Å². The molecule has 0 aliphatic carbocycles. The van der Waals surface area contributed by atoms with Gasteiger partial charge < -0.3 is 4.90 Å². The smallest absolute Gasteiger partial charge is 0.340 e. The standard InChI is InChI=1S/C31H33F3N4O3/c1-22-26(30(41)38(29(22)40)25-13-12-24(21-35)27(20-25)31(32,33)34)10-6-3-7-15-36-16-18-37(19-17-36)28(39)14-11-23-8-4-2-5-9-23/h2,4-5,8-9,12-13,20H,3,6-7,10-11,14-19H2,1H3. The monoisotopic (exact) mass is 566 g/mol. The van der Waals surface area contributed by atoms with Crippen LogP contribution in [0.3, 0.4) is 0 Å². The van der Waals surface area contributed by atoms with Crippen LogP contribution in [0.4, 0.5) is 18.9 Å². The van der Waals surface area contributed by atoms with Crippen molar-refractivity contribution in [3.63, 3.8) is 0 Å². The van der Waals surface area contributed by atoms with Crippen LogP contribution in [0.15, 0.2) is 59.7 Å². The number of imide groups is 1. The molecule has 3 amide bonds. The summed E-state index contributed by atoms with van der Waals surface area (Å²) in [6.07, 6.45) is -0.801. The summed E-state index contributed by atoms with van der Waals surface area (Å²) in [6, 6.07) is 14.3. The lowest BCUT2D eigenvalue weighted by atomic mass is 10.0. The van der Waals surface area contributed by atoms with Gasteiger partial charge in [-0.1, -0.05) is 36.8 Å². The van der Waals surface area contributed by atoms with Crippen molar-refractivity contribution in [3.05, 3.63) is 76.4 Å². The van der Waals surface area contributed by atoms with E-state index in [4.69, 9.17) is 5.26 Å². The lowest BCUT2D eigenvalue weighted by molar-refractivity contribution is -0.138. The van der Waals surface area contributed by atoms with Crippen LogP contribution in [0.1, 0.15) is 55.7 Å². The number of aryl methyl sites for hydroxylation is 1. The van der Waals surface area contributed by atoms with Crippen molar-refractivity contribution in [1.29, 1.82) is 5.26 Å². The number of carbonyl (C=O) groups is 3. The number of carbonyl (C=O) groups excluding carboxylic acids is 3. The summed E-state index contributed by atoms with van der Waals surface area (Å²) in [5, 5.41) is 9.02. The third kappa shape index (κ3) is 7.22. The topological polar surface area (TPSA) is 84.7 Å². The summed E-state index contributed by atoms with van der Waals surface area (Å²) < 4.78 is 40.2. The summed E-state index contributed by atoms with van der Waals surface area (Å²) >= 11 is 0. The van der Waals surface area contributed by atoms with Crippen molar-refractivity contribution in [2.45, 2.75) is 51.6 Å². The number of amides is 3. The SMILES string of the molecule is CC1=C(CCCCCN2CCN(C(=O)CCc3ccccc3)CC2)C(=O)N(c2ccc(C#N)c(C(F)(F)F)c2)C1=O. The summed E-state index contributed by atoms with van der Waals surface area (Å²) in [5.74, 6) is -1.07. The number of rotatable bonds is 10. The number of benzene rings is 2. The molecule has 0 spiro atoms. The van der Waals surface area contributed by atoms with Crippen LogP contribution in [-0.4, -0.2) is 60.2 Å². The normalized spacial score (nSPS) is 16.5. The van der Waals surface area contributed by atoms with Crippen LogP contribution in [0.2, 0.25) is 0 Å². The molecule has 1 fully saturated rings. The van der Waals surface area contributed by atoms with E-state index in [1.807, 2.05) is 35.2 Å². The highest BCUT2D eigenvalue weighted by atomic mass is 19.4. The molecule has 216 valence electrons. The Balaban J connectivity index is 1.20. The average molecular weight is 567 g/mol. The number of hydrogen-bond acceptors (Lipinski definition) is 5. The molecule has 2 heterocycles. The van der Waals surface area contributed by atoms with Gasteiger partial charge in [0.1, 0.15) is 0 Å². The first-order valence-electron chi connectivity index (χ1n) is 13.8. The van der Waals surface area contributed by atoms with Crippen molar-refractivity contribution in [3.8, 4) is 6.07 Å². The molecule has 0 aromatic heterocycles. The minimum absolute atomic E-state index is 0.178. The zero-order valence-corrected chi connectivity index (χ0v) is 23.0. The second-order valence-electron chi connectivity index (χ2n) is 10.4. The van der Waals surface area contributed by atoms with Crippen molar-refractivity contribution in [2.24, 2.45) is 0 Å². The largest absolute Gasteiger partial charge is 0.417 e. The van der Waals surface area contributed by atoms with E-state index in [2.05, 4.69) is 4.90 Å². The Morgan fingerprint density at radius 2 is 1.63 bits per heavy atom. The van der Waals surface area contributed by atoms with Crippen LogP contribution in [0, 0.1) is 11.3 Å². The number of alkyl halides is 3. The van der Waals surface area contributed by atoms with Gasteiger partial charge in [0.2, 0.25) is 5.91 Å². The molecule has 10 heteroatoms. The number of nitriles is 1. The fraction of sp³-hybridized carbons (Fsp3) is 0.419. The second kappa shape index (κ2) is 13.1. The van der Waals surface area contributed by atoms with Gasteiger partial charge in [-0.3, -0.25) is 19.3 Å². The number of unbranched alkanes of at least 4 members (excludes halogenated alkanes) is 2. The second-order valence-corrected chi connectivity index (χ2v) is 10.4. The Morgan fingerprint density at radius 3 is 2.29 bits per heavy atom. The van der Waals surface area contributed by atoms with Crippen molar-refractivity contribution in [2.75, 3.05) is 37.6 Å². The van der Waals surface area contributed by atoms with Gasteiger partial charge in [-0.2, -0.15) is 18.4 Å². The summed E-state index contributed by atoms with van der Waals surface area (Å²) in [5.41, 5.74) is -0.232. The fourth-order valence-electron chi connectivity index (χ4n) is 5.31. The van der Waals surface area contributed by atoms with Crippen LogP contribution in [0.5, 0.6) is 0 Å². The van der Waals surface area contributed by atoms with Gasteiger partial charge in [-0.05, 0) is 62.9 Å². The van der Waals surface area contributed by atoms with Crippen molar-refractivity contribution in [1.82, 2.24) is 9.80 Å². The van der Waals surface area contributed by atoms with Crippen LogP contribution in [-0.2, 0) is 27.0 Å². The Kier molecular flexibility index (Phi) is 9.61. The van der Waals surface area contributed by atoms with Gasteiger partial charge in [0.15, 0.2) is 0 Å². The summed E-state index contributed by atoms with van der Waals surface area (Å²) in [6.45, 7) is 5.43. The maximum absolute atomic E-state index is 13.4. The predicted molar refractivity (Wildman–Crippen MR) is 148 cm³/mol. The van der Waals surface area contributed by atoms with Crippen LogP contribution < -0.4 is 4.90 Å². The highest BCUT2D eigenvalue weighted by Crippen LogP contribution is 2.37. The van der Waals surface area contributed by atoms with Crippen molar-refractivity contribution >= 4 is 23.4 Å². The molecular weight excluding hydrogens is 533 g/mol. The minimum atomic E-state index is -4.79. The van der Waals surface area contributed by atoms with Gasteiger partial charge in [0, 0.05) is 43.7 Å². The number of piperazine rings is 1. The highest BCUT2D eigenvalue weighted by molar-refractivity contribution is 6.32. The molecule has 2 aromatic carbocycles. The molecule has 0 bridgehead atoms. The van der Waals surface area contributed by atoms with Gasteiger partial charge in [-0.25, -0.2) is 4.90 Å². The third-order valence-corrected chi connectivity index (χ3v) is 7.72. The molecule has 2 aliphatic heterocycles. The van der Waals surface area contributed by atoms with E-state index in [1.54, 1.807) is 0 Å². The molecule has 1 saturated heterocycles. The Hall–Kier alpha value is -3.97. The van der Waals surface area contributed by atoms with E-state index < -0.39 is 29.1 Å². The number of anilines is 1. The fourth-order valence-corrected chi connectivity index (χ4v) is 5.31. The lowest BCUT2D eigenvalue weighted by Gasteiger charge is -2.34. The molecular formula is C31H33F3N4O3. The van der Waals surface area contributed by atoms with Crippen molar-refractivity contribution < 1.29 is 27.6 Å². The quantitative estimate of drug-likeness (QED) is 0.295. The predicted octanol–water partition coefficient (Wildman–Crippen LogP) is 5.10. The molecule has 0 unspecified atom stereocenters. The van der Waals surface area contributed by atoms with Crippen LogP contribution in [0.25, 0.3) is 0 Å². The average Bonchev–Trinajstić information content (AvgIpc) is 3.18. The van der Waals surface area contributed by atoms with Gasteiger partial charge >= 0.3 is 6.18 Å². The summed E-state index contributed by atoms with van der Waals surface area (Å²) in [7, 11) is 0. The zero-order valence-electron chi connectivity index (χ0n) is 23.0. The summed E-state index contributed by atoms with van der Waals surface area (Å²) in [4.78, 5) is 43.4. The number of nitrogens with zero attached hydrogens (tertiary/aromatic N) is 4. The first-order chi connectivity index (χ1) is 19.6. The molecule has 0 atom stereocenters. The molecule has 0 saturated carbocycles. The van der Waals surface area contributed by atoms with E-state index >= 15 is 0 Å². The minimum Gasteiger partial charge on any atom is -0.340 e. The molecule has 4 rings (SSSR count). The number of halogens is 3. The number of hydrogen-bond donors (Lipinski definition) is 0. The molecule has 41 heavy (non-hydrogen) atoms. The van der Waals surface area contributed by atoms with Crippen LogP contribution >= 0.6 is 0 Å². The highest BCUT2D eigenvalue weighted by Gasteiger charge is 2.39. The lowest BCUT2D eigenvalue weighted by Crippen LogP contribution is -2.48. The first-order valence-corrected chi connectivity index (χ1v) is 13.8. The van der Waals surface area contributed by atoms with E-state index in [-0.39, 0.29) is 17.2 Å². The molecule has 0 radical (unpaired) electrons. The molecule has 2 aliphatic rings. The van der Waals surface area contributed by atoms with E-state index in [1.165, 1.54) is 19.1 Å². The molecule has 0 N–H and O–H groups in total. The van der Waals surface area contributed by atoms with Gasteiger partial charge in [0.25, 0.3) is 11.8 Å². The maximum Gasteiger partial charge on any atom is 0.417 e. The van der Waals surface area contributed by atoms with E-state index in [0.29, 0.717) is 44.0 Å². The Bertz CT molecular complexity index is 1360. The third-order valence-electron chi connectivity index (χ3n) is 7.72.